The number of hydrogen-bond acceptors (Lipinski definition) is 4. The molecule has 0 aromatic heterocycles. The van der Waals surface area contributed by atoms with Crippen LogP contribution in [0.3, 0.4) is 0 Å². The van der Waals surface area contributed by atoms with Gasteiger partial charge in [-0.1, -0.05) is 6.07 Å². The lowest BCUT2D eigenvalue weighted by molar-refractivity contribution is 0.281. The van der Waals surface area contributed by atoms with E-state index in [9.17, 15) is 8.42 Å². The van der Waals surface area contributed by atoms with Crippen LogP contribution in [-0.2, 0) is 16.6 Å². The number of halogens is 1. The van der Waals surface area contributed by atoms with Crippen LogP contribution in [0.5, 0.6) is 0 Å². The van der Waals surface area contributed by atoms with Crippen LogP contribution in [0.2, 0.25) is 0 Å². The van der Waals surface area contributed by atoms with Crippen molar-refractivity contribution in [3.63, 3.8) is 0 Å². The van der Waals surface area contributed by atoms with E-state index in [1.54, 1.807) is 24.8 Å². The average Bonchev–Trinajstić information content (AvgIpc) is 2.32. The van der Waals surface area contributed by atoms with Gasteiger partial charge in [-0.15, -0.1) is 0 Å². The summed E-state index contributed by atoms with van der Waals surface area (Å²) >= 11 is 4.86. The first kappa shape index (κ1) is 16.0. The van der Waals surface area contributed by atoms with Crippen molar-refractivity contribution in [3.8, 4) is 0 Å². The van der Waals surface area contributed by atoms with Crippen molar-refractivity contribution < 1.29 is 13.5 Å². The minimum Gasteiger partial charge on any atom is -0.392 e. The first-order valence-electron chi connectivity index (χ1n) is 5.31. The Balaban J connectivity index is 3.11. The molecule has 0 aliphatic carbocycles. The Hall–Kier alpha value is -0.0800. The normalized spacial score (nSPS) is 11.8. The number of aliphatic hydroxyl groups excluding tert-OH is 1. The summed E-state index contributed by atoms with van der Waals surface area (Å²) in [5.41, 5.74) is 1.37. The highest BCUT2D eigenvalue weighted by Gasteiger charge is 2.19. The molecule has 1 aromatic rings. The van der Waals surface area contributed by atoms with Gasteiger partial charge in [-0.25, -0.2) is 13.1 Å². The third-order valence-corrected chi connectivity index (χ3v) is 5.76. The fourth-order valence-electron chi connectivity index (χ4n) is 1.45. The molecule has 0 aliphatic rings. The van der Waals surface area contributed by atoms with Crippen molar-refractivity contribution >= 4 is 37.7 Å². The van der Waals surface area contributed by atoms with Crippen LogP contribution in [-0.4, -0.2) is 32.1 Å². The van der Waals surface area contributed by atoms with Gasteiger partial charge in [-0.3, -0.25) is 0 Å². The molecular formula is C11H16BrNO3S2. The van der Waals surface area contributed by atoms with Crippen LogP contribution in [0.25, 0.3) is 0 Å². The van der Waals surface area contributed by atoms with E-state index >= 15 is 0 Å². The molecule has 2 N–H and O–H groups in total. The molecule has 0 spiro atoms. The molecule has 4 nitrogen and oxygen atoms in total. The number of aliphatic hydroxyl groups is 1. The van der Waals surface area contributed by atoms with Gasteiger partial charge >= 0.3 is 0 Å². The highest BCUT2D eigenvalue weighted by atomic mass is 79.9. The lowest BCUT2D eigenvalue weighted by atomic mass is 10.1. The average molecular weight is 354 g/mol. The zero-order chi connectivity index (χ0) is 13.8. The molecule has 18 heavy (non-hydrogen) atoms. The number of rotatable bonds is 6. The second kappa shape index (κ2) is 6.91. The summed E-state index contributed by atoms with van der Waals surface area (Å²) in [6.45, 7) is 2.00. The van der Waals surface area contributed by atoms with Gasteiger partial charge in [0.15, 0.2) is 0 Å². The van der Waals surface area contributed by atoms with E-state index in [4.69, 9.17) is 5.11 Å². The number of aryl methyl sites for hydroxylation is 1. The Labute approximate surface area is 120 Å². The summed E-state index contributed by atoms with van der Waals surface area (Å²) < 4.78 is 27.3. The highest BCUT2D eigenvalue weighted by Crippen LogP contribution is 2.27. The molecule has 1 aromatic carbocycles. The van der Waals surface area contributed by atoms with Gasteiger partial charge in [0.25, 0.3) is 0 Å². The number of thioether (sulfide) groups is 1. The summed E-state index contributed by atoms with van der Waals surface area (Å²) in [6, 6.07) is 3.24. The monoisotopic (exact) mass is 353 g/mol. The third kappa shape index (κ3) is 3.96. The zero-order valence-corrected chi connectivity index (χ0v) is 13.5. The second-order valence-electron chi connectivity index (χ2n) is 3.77. The molecule has 0 unspecified atom stereocenters. The molecule has 0 amide bonds. The van der Waals surface area contributed by atoms with Crippen LogP contribution >= 0.6 is 27.7 Å². The van der Waals surface area contributed by atoms with Gasteiger partial charge in [0.2, 0.25) is 10.0 Å². The van der Waals surface area contributed by atoms with Crippen molar-refractivity contribution in [2.45, 2.75) is 18.4 Å². The molecule has 0 heterocycles. The maximum absolute atomic E-state index is 12.1. The van der Waals surface area contributed by atoms with Crippen LogP contribution in [0.4, 0.5) is 0 Å². The fraction of sp³-hybridized carbons (Fsp3) is 0.455. The summed E-state index contributed by atoms with van der Waals surface area (Å²) in [7, 11) is -3.54. The molecule has 0 saturated carbocycles. The molecule has 0 fully saturated rings. The Bertz CT molecular complexity index is 517. The largest absolute Gasteiger partial charge is 0.392 e. The van der Waals surface area contributed by atoms with E-state index in [0.717, 1.165) is 11.3 Å². The van der Waals surface area contributed by atoms with E-state index < -0.39 is 10.0 Å². The lowest BCUT2D eigenvalue weighted by Gasteiger charge is -2.11. The molecular weight excluding hydrogens is 338 g/mol. The summed E-state index contributed by atoms with van der Waals surface area (Å²) in [5.74, 6) is 0.718. The number of sulfonamides is 1. The van der Waals surface area contributed by atoms with Crippen molar-refractivity contribution in [1.82, 2.24) is 4.72 Å². The number of nitrogens with one attached hydrogen (secondary N) is 1. The fourth-order valence-corrected chi connectivity index (χ4v) is 3.99. The lowest BCUT2D eigenvalue weighted by Crippen LogP contribution is -2.26. The molecule has 102 valence electrons. The molecule has 0 atom stereocenters. The van der Waals surface area contributed by atoms with Crippen molar-refractivity contribution in [2.24, 2.45) is 0 Å². The zero-order valence-electron chi connectivity index (χ0n) is 10.2. The summed E-state index contributed by atoms with van der Waals surface area (Å²) in [4.78, 5) is 0.174. The maximum Gasteiger partial charge on any atom is 0.241 e. The van der Waals surface area contributed by atoms with Gasteiger partial charge in [-0.05, 0) is 46.3 Å². The minimum absolute atomic E-state index is 0.174. The van der Waals surface area contributed by atoms with Crippen LogP contribution < -0.4 is 4.72 Å². The van der Waals surface area contributed by atoms with Crippen LogP contribution in [0.1, 0.15) is 11.1 Å². The SMILES string of the molecule is CSCCNS(=O)(=O)c1cc(CO)cc(C)c1Br. The number of hydrogen-bond donors (Lipinski definition) is 2. The van der Waals surface area contributed by atoms with E-state index in [-0.39, 0.29) is 11.5 Å². The van der Waals surface area contributed by atoms with Gasteiger partial charge in [0, 0.05) is 16.8 Å². The molecule has 7 heteroatoms. The van der Waals surface area contributed by atoms with Crippen LogP contribution in [0, 0.1) is 6.92 Å². The molecule has 0 radical (unpaired) electrons. The standard InChI is InChI=1S/C11H16BrNO3S2/c1-8-5-9(7-14)6-10(11(8)12)18(15,16)13-3-4-17-2/h5-6,13-14H,3-4,7H2,1-2H3. The number of benzene rings is 1. The van der Waals surface area contributed by atoms with Gasteiger partial charge < -0.3 is 5.11 Å². The Morgan fingerprint density at radius 3 is 2.67 bits per heavy atom. The van der Waals surface area contributed by atoms with E-state index in [1.165, 1.54) is 6.07 Å². The first-order valence-corrected chi connectivity index (χ1v) is 8.98. The quantitative estimate of drug-likeness (QED) is 0.766. The molecule has 1 rings (SSSR count). The van der Waals surface area contributed by atoms with E-state index in [1.807, 2.05) is 6.26 Å². The van der Waals surface area contributed by atoms with Crippen molar-refractivity contribution in [2.75, 3.05) is 18.6 Å². The highest BCUT2D eigenvalue weighted by molar-refractivity contribution is 9.10. The molecule has 0 bridgehead atoms. The second-order valence-corrected chi connectivity index (χ2v) is 7.29. The Morgan fingerprint density at radius 2 is 2.11 bits per heavy atom. The van der Waals surface area contributed by atoms with Gasteiger partial charge in [0.05, 0.1) is 11.5 Å². The Kier molecular flexibility index (Phi) is 6.13. The third-order valence-electron chi connectivity index (χ3n) is 2.35. The topological polar surface area (TPSA) is 66.4 Å². The van der Waals surface area contributed by atoms with E-state index in [2.05, 4.69) is 20.7 Å². The first-order chi connectivity index (χ1) is 8.42. The Morgan fingerprint density at radius 1 is 1.44 bits per heavy atom. The molecule has 0 saturated heterocycles. The van der Waals surface area contributed by atoms with Crippen molar-refractivity contribution in [1.29, 1.82) is 0 Å². The van der Waals surface area contributed by atoms with Gasteiger partial charge in [-0.2, -0.15) is 11.8 Å². The minimum atomic E-state index is -3.54. The van der Waals surface area contributed by atoms with Gasteiger partial charge in [0.1, 0.15) is 0 Å². The maximum atomic E-state index is 12.1. The predicted octanol–water partition coefficient (Wildman–Crippen LogP) is 1.89. The van der Waals surface area contributed by atoms with Crippen LogP contribution in [0.15, 0.2) is 21.5 Å². The van der Waals surface area contributed by atoms with Crippen molar-refractivity contribution in [3.05, 3.63) is 27.7 Å². The predicted molar refractivity (Wildman–Crippen MR) is 78.4 cm³/mol. The summed E-state index contributed by atoms with van der Waals surface area (Å²) in [6.07, 6.45) is 1.92. The van der Waals surface area contributed by atoms with E-state index in [0.29, 0.717) is 16.6 Å². The smallest absolute Gasteiger partial charge is 0.241 e. The summed E-state index contributed by atoms with van der Waals surface area (Å²) in [5, 5.41) is 9.12. The molecule has 0 aliphatic heterocycles.